The molecule has 35 heavy (non-hydrogen) atoms. The first-order valence-corrected chi connectivity index (χ1v) is 13.6. The summed E-state index contributed by atoms with van der Waals surface area (Å²) >= 11 is 0. The number of aryl methyl sites for hydroxylation is 2. The predicted molar refractivity (Wildman–Crippen MR) is 138 cm³/mol. The summed E-state index contributed by atoms with van der Waals surface area (Å²) in [5, 5.41) is 10.7. The molecule has 1 N–H and O–H groups in total. The molecule has 2 saturated carbocycles. The average molecular weight is 474 g/mol. The van der Waals surface area contributed by atoms with Crippen LogP contribution in [0.15, 0.2) is 24.3 Å². The Hall–Kier alpha value is -2.18. The van der Waals surface area contributed by atoms with Gasteiger partial charge in [-0.15, -0.1) is 0 Å². The summed E-state index contributed by atoms with van der Waals surface area (Å²) in [6, 6.07) is 9.52. The van der Waals surface area contributed by atoms with Crippen molar-refractivity contribution < 1.29 is 5.11 Å². The first-order valence-electron chi connectivity index (χ1n) is 13.6. The van der Waals surface area contributed by atoms with Crippen molar-refractivity contribution >= 4 is 5.95 Å². The lowest BCUT2D eigenvalue weighted by molar-refractivity contribution is -0.0917. The largest absolute Gasteiger partial charge is 0.508 e. The molecule has 0 spiro atoms. The van der Waals surface area contributed by atoms with Crippen molar-refractivity contribution in [2.24, 2.45) is 17.3 Å². The van der Waals surface area contributed by atoms with E-state index in [1.807, 2.05) is 6.07 Å². The highest BCUT2D eigenvalue weighted by molar-refractivity contribution is 5.53. The molecule has 4 bridgehead atoms. The third-order valence-corrected chi connectivity index (χ3v) is 10.6. The number of likely N-dealkylation sites (tertiary alicyclic amines) is 1. The van der Waals surface area contributed by atoms with E-state index in [9.17, 15) is 5.11 Å². The Bertz CT molecular complexity index is 1160. The number of aromatic hydroxyl groups is 1. The van der Waals surface area contributed by atoms with E-state index >= 15 is 0 Å². The topological polar surface area (TPSA) is 55.7 Å². The van der Waals surface area contributed by atoms with E-state index in [0.717, 1.165) is 43.4 Å². The van der Waals surface area contributed by atoms with Gasteiger partial charge < -0.3 is 14.9 Å². The molecule has 4 fully saturated rings. The Morgan fingerprint density at radius 3 is 2.69 bits per heavy atom. The molecule has 6 nitrogen and oxygen atoms in total. The maximum absolute atomic E-state index is 10.7. The highest BCUT2D eigenvalue weighted by Crippen LogP contribution is 2.75. The van der Waals surface area contributed by atoms with E-state index in [1.54, 1.807) is 0 Å². The Morgan fingerprint density at radius 1 is 1.11 bits per heavy atom. The molecule has 2 aliphatic heterocycles. The second-order valence-corrected chi connectivity index (χ2v) is 12.5. The van der Waals surface area contributed by atoms with Gasteiger partial charge in [0.25, 0.3) is 0 Å². The van der Waals surface area contributed by atoms with Crippen LogP contribution >= 0.6 is 0 Å². The summed E-state index contributed by atoms with van der Waals surface area (Å²) in [5.41, 5.74) is 5.60. The Morgan fingerprint density at radius 2 is 1.91 bits per heavy atom. The van der Waals surface area contributed by atoms with Crippen molar-refractivity contribution in [3.8, 4) is 5.75 Å². The number of benzene rings is 1. The van der Waals surface area contributed by atoms with Gasteiger partial charge >= 0.3 is 0 Å². The van der Waals surface area contributed by atoms with Crippen molar-refractivity contribution in [3.63, 3.8) is 0 Å². The van der Waals surface area contributed by atoms with Gasteiger partial charge in [-0.1, -0.05) is 6.07 Å². The number of phenols is 1. The summed E-state index contributed by atoms with van der Waals surface area (Å²) in [6.45, 7) is 8.72. The van der Waals surface area contributed by atoms with Crippen LogP contribution in [0.4, 0.5) is 5.95 Å². The minimum atomic E-state index is 0.166. The zero-order valence-electron chi connectivity index (χ0n) is 21.7. The molecule has 7 rings (SSSR count). The lowest BCUT2D eigenvalue weighted by Crippen LogP contribution is -2.70. The Labute approximate surface area is 209 Å². The van der Waals surface area contributed by atoms with Crippen molar-refractivity contribution in [1.29, 1.82) is 0 Å². The number of hydrogen-bond acceptors (Lipinski definition) is 6. The van der Waals surface area contributed by atoms with Gasteiger partial charge in [0.05, 0.1) is 0 Å². The Kier molecular flexibility index (Phi) is 4.68. The zero-order chi connectivity index (χ0) is 24.1. The third kappa shape index (κ3) is 2.84. The molecule has 2 saturated heterocycles. The number of fused-ring (bicyclic) bond motifs is 1. The van der Waals surface area contributed by atoms with Crippen molar-refractivity contribution in [2.45, 2.75) is 63.5 Å². The summed E-state index contributed by atoms with van der Waals surface area (Å²) in [5.74, 6) is 2.68. The van der Waals surface area contributed by atoms with Crippen LogP contribution in [0.3, 0.4) is 0 Å². The molecule has 5 aliphatic rings. The maximum atomic E-state index is 10.7. The van der Waals surface area contributed by atoms with Crippen LogP contribution in [-0.2, 0) is 11.8 Å². The summed E-state index contributed by atoms with van der Waals surface area (Å²) < 4.78 is 0. The van der Waals surface area contributed by atoms with Gasteiger partial charge in [0.15, 0.2) is 0 Å². The fourth-order valence-electron chi connectivity index (χ4n) is 9.76. The van der Waals surface area contributed by atoms with E-state index in [1.165, 1.54) is 43.4 Å². The number of anilines is 1. The Balaban J connectivity index is 1.35. The lowest BCUT2D eigenvalue weighted by atomic mass is 9.43. The molecule has 1 aromatic carbocycles. The lowest BCUT2D eigenvalue weighted by Gasteiger charge is -2.66. The highest BCUT2D eigenvalue weighted by Gasteiger charge is 2.76. The number of hydrogen-bond donors (Lipinski definition) is 1. The van der Waals surface area contributed by atoms with Gasteiger partial charge in [0.1, 0.15) is 5.75 Å². The standard InChI is InChI=1S/C29H39N5O/c1-18-13-19(2)31-27(30-18)34-17-21-16-28-8-7-24(34)26(21)29(28)9-10-33(12-11-32(3)4)25(28)14-20-5-6-22(35)15-23(20)29/h5-6,13,15,21,24-26,35H,7-12,14,16-17H2,1-4H3/t21-,24-,25-,26-,28-,29+/m1/s1. The minimum absolute atomic E-state index is 0.166. The fourth-order valence-corrected chi connectivity index (χ4v) is 9.76. The molecule has 3 heterocycles. The quantitative estimate of drug-likeness (QED) is 0.733. The molecule has 0 radical (unpaired) electrons. The van der Waals surface area contributed by atoms with Crippen LogP contribution < -0.4 is 4.90 Å². The first-order chi connectivity index (χ1) is 16.8. The molecule has 0 amide bonds. The van der Waals surface area contributed by atoms with Gasteiger partial charge in [0, 0.05) is 48.5 Å². The van der Waals surface area contributed by atoms with E-state index in [4.69, 9.17) is 9.97 Å². The van der Waals surface area contributed by atoms with E-state index in [0.29, 0.717) is 35.1 Å². The van der Waals surface area contributed by atoms with Crippen LogP contribution in [0.25, 0.3) is 0 Å². The molecule has 3 aliphatic carbocycles. The third-order valence-electron chi connectivity index (χ3n) is 10.6. The van der Waals surface area contributed by atoms with E-state index < -0.39 is 0 Å². The molecule has 6 heteroatoms. The monoisotopic (exact) mass is 473 g/mol. The van der Waals surface area contributed by atoms with Crippen LogP contribution in [0.1, 0.15) is 48.2 Å². The molecule has 186 valence electrons. The van der Waals surface area contributed by atoms with Crippen LogP contribution in [0, 0.1) is 31.1 Å². The van der Waals surface area contributed by atoms with Crippen molar-refractivity contribution in [2.75, 3.05) is 45.2 Å². The zero-order valence-corrected chi connectivity index (χ0v) is 21.7. The minimum Gasteiger partial charge on any atom is -0.508 e. The summed E-state index contributed by atoms with van der Waals surface area (Å²) in [6.07, 6.45) is 6.19. The average Bonchev–Trinajstić information content (AvgIpc) is 3.24. The van der Waals surface area contributed by atoms with Gasteiger partial charge in [-0.05, 0) is 113 Å². The number of phenolic OH excluding ortho intramolecular Hbond substituents is 1. The summed E-state index contributed by atoms with van der Waals surface area (Å²) in [4.78, 5) is 17.6. The van der Waals surface area contributed by atoms with Crippen LogP contribution in [0.2, 0.25) is 0 Å². The molecular formula is C29H39N5O. The number of aromatic nitrogens is 2. The predicted octanol–water partition coefficient (Wildman–Crippen LogP) is 3.53. The molecule has 0 unspecified atom stereocenters. The molecular weight excluding hydrogens is 434 g/mol. The second-order valence-electron chi connectivity index (χ2n) is 12.5. The second kappa shape index (κ2) is 7.42. The first kappa shape index (κ1) is 22.1. The highest BCUT2D eigenvalue weighted by atomic mass is 16.3. The maximum Gasteiger partial charge on any atom is 0.226 e. The van der Waals surface area contributed by atoms with E-state index in [-0.39, 0.29) is 5.41 Å². The normalized spacial score (nSPS) is 37.0. The summed E-state index contributed by atoms with van der Waals surface area (Å²) in [7, 11) is 4.39. The fraction of sp³-hybridized carbons (Fsp3) is 0.655. The molecule has 2 aromatic rings. The van der Waals surface area contributed by atoms with Crippen molar-refractivity contribution in [1.82, 2.24) is 19.8 Å². The smallest absolute Gasteiger partial charge is 0.226 e. The van der Waals surface area contributed by atoms with Crippen LogP contribution in [-0.4, -0.2) is 77.2 Å². The molecule has 1 aromatic heterocycles. The van der Waals surface area contributed by atoms with Crippen LogP contribution in [0.5, 0.6) is 5.75 Å². The number of likely N-dealkylation sites (N-methyl/N-ethyl adjacent to an activating group) is 1. The van der Waals surface area contributed by atoms with Gasteiger partial charge in [-0.3, -0.25) is 4.90 Å². The van der Waals surface area contributed by atoms with Gasteiger partial charge in [-0.2, -0.15) is 0 Å². The van der Waals surface area contributed by atoms with Gasteiger partial charge in [-0.25, -0.2) is 9.97 Å². The number of piperidine rings is 1. The number of nitrogens with zero attached hydrogens (tertiary/aromatic N) is 5. The van der Waals surface area contributed by atoms with Gasteiger partial charge in [0.2, 0.25) is 5.95 Å². The SMILES string of the molecule is Cc1cc(C)nc(N2C[C@H]3C[C@@]45CC[C@@H]2[C@@H]3[C@@]42CCN(CCN(C)C)[C@@H]5Cc3ccc(O)cc32)n1. The molecule has 6 atom stereocenters. The van der Waals surface area contributed by atoms with Crippen molar-refractivity contribution in [3.05, 3.63) is 46.8 Å². The number of rotatable bonds is 4. The van der Waals surface area contributed by atoms with E-state index in [2.05, 4.69) is 60.8 Å².